The average molecular weight is 332 g/mol. The van der Waals surface area contributed by atoms with E-state index in [1.807, 2.05) is 31.2 Å². The SMILES string of the molecule is CCc1ccc(C(=O)N/N=C(\C)c2ccc(OC)cc2OC)s1. The molecule has 0 aliphatic carbocycles. The third-order valence-electron chi connectivity index (χ3n) is 3.36. The molecule has 0 spiro atoms. The molecule has 2 aromatic rings. The minimum atomic E-state index is -0.207. The molecule has 1 aromatic carbocycles. The highest BCUT2D eigenvalue weighted by molar-refractivity contribution is 7.14. The Bertz CT molecular complexity index is 722. The van der Waals surface area contributed by atoms with Gasteiger partial charge in [-0.15, -0.1) is 11.3 Å². The molecule has 5 nitrogen and oxygen atoms in total. The fraction of sp³-hybridized carbons (Fsp3) is 0.294. The van der Waals surface area contributed by atoms with Gasteiger partial charge in [0.15, 0.2) is 0 Å². The van der Waals surface area contributed by atoms with Crippen LogP contribution in [0.15, 0.2) is 35.4 Å². The smallest absolute Gasteiger partial charge is 0.281 e. The summed E-state index contributed by atoms with van der Waals surface area (Å²) < 4.78 is 10.5. The molecule has 0 atom stereocenters. The number of rotatable bonds is 6. The van der Waals surface area contributed by atoms with Crippen molar-refractivity contribution >= 4 is 23.0 Å². The second kappa shape index (κ2) is 7.78. The lowest BCUT2D eigenvalue weighted by Gasteiger charge is -2.10. The molecule has 1 aromatic heterocycles. The molecule has 1 N–H and O–H groups in total. The molecule has 1 heterocycles. The zero-order valence-corrected chi connectivity index (χ0v) is 14.5. The van der Waals surface area contributed by atoms with Crippen molar-refractivity contribution < 1.29 is 14.3 Å². The lowest BCUT2D eigenvalue weighted by Crippen LogP contribution is -2.18. The van der Waals surface area contributed by atoms with Crippen molar-refractivity contribution in [1.82, 2.24) is 5.43 Å². The maximum absolute atomic E-state index is 12.1. The molecule has 23 heavy (non-hydrogen) atoms. The molecule has 0 radical (unpaired) electrons. The van der Waals surface area contributed by atoms with Gasteiger partial charge in [0.05, 0.1) is 24.8 Å². The van der Waals surface area contributed by atoms with Gasteiger partial charge in [-0.25, -0.2) is 5.43 Å². The van der Waals surface area contributed by atoms with Gasteiger partial charge in [0.1, 0.15) is 11.5 Å². The van der Waals surface area contributed by atoms with E-state index < -0.39 is 0 Å². The third kappa shape index (κ3) is 4.10. The summed E-state index contributed by atoms with van der Waals surface area (Å²) in [6, 6.07) is 9.23. The van der Waals surface area contributed by atoms with Crippen LogP contribution < -0.4 is 14.9 Å². The fourth-order valence-corrected chi connectivity index (χ4v) is 2.87. The number of carbonyl (C=O) groups excluding carboxylic acids is 1. The molecule has 0 saturated carbocycles. The van der Waals surface area contributed by atoms with Crippen LogP contribution in [0.3, 0.4) is 0 Å². The summed E-state index contributed by atoms with van der Waals surface area (Å²) in [5, 5.41) is 4.17. The van der Waals surface area contributed by atoms with Crippen LogP contribution in [0.4, 0.5) is 0 Å². The Morgan fingerprint density at radius 1 is 1.22 bits per heavy atom. The van der Waals surface area contributed by atoms with Crippen LogP contribution in [0, 0.1) is 0 Å². The van der Waals surface area contributed by atoms with Gasteiger partial charge in [-0.3, -0.25) is 4.79 Å². The summed E-state index contributed by atoms with van der Waals surface area (Å²) >= 11 is 1.48. The van der Waals surface area contributed by atoms with Crippen LogP contribution in [0.25, 0.3) is 0 Å². The standard InChI is InChI=1S/C17H20N2O3S/c1-5-13-7-9-16(23-13)17(20)19-18-11(2)14-8-6-12(21-3)10-15(14)22-4/h6-10H,5H2,1-4H3,(H,19,20)/b18-11+. The Labute approximate surface area is 139 Å². The molecule has 122 valence electrons. The van der Waals surface area contributed by atoms with Crippen molar-refractivity contribution in [3.63, 3.8) is 0 Å². The van der Waals surface area contributed by atoms with Crippen molar-refractivity contribution in [2.45, 2.75) is 20.3 Å². The third-order valence-corrected chi connectivity index (χ3v) is 4.59. The van der Waals surface area contributed by atoms with Gasteiger partial charge in [-0.1, -0.05) is 6.92 Å². The first kappa shape index (κ1) is 17.0. The van der Waals surface area contributed by atoms with Crippen LogP contribution in [-0.4, -0.2) is 25.8 Å². The number of amides is 1. The van der Waals surface area contributed by atoms with E-state index in [0.29, 0.717) is 22.1 Å². The molecule has 0 bridgehead atoms. The lowest BCUT2D eigenvalue weighted by molar-refractivity contribution is 0.0959. The lowest BCUT2D eigenvalue weighted by atomic mass is 10.1. The minimum Gasteiger partial charge on any atom is -0.497 e. The van der Waals surface area contributed by atoms with Crippen LogP contribution in [0.5, 0.6) is 11.5 Å². The normalized spacial score (nSPS) is 11.2. The van der Waals surface area contributed by atoms with E-state index in [4.69, 9.17) is 9.47 Å². The van der Waals surface area contributed by atoms with E-state index >= 15 is 0 Å². The monoisotopic (exact) mass is 332 g/mol. The first-order valence-electron chi connectivity index (χ1n) is 7.24. The quantitative estimate of drug-likeness (QED) is 0.651. The molecule has 0 aliphatic heterocycles. The van der Waals surface area contributed by atoms with Gasteiger partial charge in [0.2, 0.25) is 0 Å². The van der Waals surface area contributed by atoms with E-state index in [1.54, 1.807) is 20.3 Å². The van der Waals surface area contributed by atoms with Gasteiger partial charge in [-0.2, -0.15) is 5.10 Å². The second-order valence-corrected chi connectivity index (χ2v) is 5.99. The highest BCUT2D eigenvalue weighted by atomic mass is 32.1. The average Bonchev–Trinajstić information content (AvgIpc) is 3.07. The van der Waals surface area contributed by atoms with Crippen molar-refractivity contribution in [2.75, 3.05) is 14.2 Å². The number of ether oxygens (including phenoxy) is 2. The molecule has 6 heteroatoms. The summed E-state index contributed by atoms with van der Waals surface area (Å²) in [5.41, 5.74) is 4.04. The molecule has 0 aliphatic rings. The number of hydrazone groups is 1. The molecule has 1 amide bonds. The number of methoxy groups -OCH3 is 2. The van der Waals surface area contributed by atoms with E-state index in [0.717, 1.165) is 12.0 Å². The minimum absolute atomic E-state index is 0.207. The number of thiophene rings is 1. The first-order valence-corrected chi connectivity index (χ1v) is 8.06. The zero-order valence-electron chi connectivity index (χ0n) is 13.7. The summed E-state index contributed by atoms with van der Waals surface area (Å²) in [6.07, 6.45) is 0.920. The van der Waals surface area contributed by atoms with Crippen LogP contribution in [0.1, 0.15) is 34.0 Å². The molecular weight excluding hydrogens is 312 g/mol. The predicted octanol–water partition coefficient (Wildman–Crippen LogP) is 3.48. The zero-order chi connectivity index (χ0) is 16.8. The number of hydrogen-bond acceptors (Lipinski definition) is 5. The molecule has 0 fully saturated rings. The Hall–Kier alpha value is -2.34. The van der Waals surface area contributed by atoms with Crippen molar-refractivity contribution in [3.05, 3.63) is 45.6 Å². The summed E-state index contributed by atoms with van der Waals surface area (Å²) in [7, 11) is 3.18. The first-order chi connectivity index (χ1) is 11.1. The molecular formula is C17H20N2O3S. The van der Waals surface area contributed by atoms with Crippen molar-refractivity contribution in [1.29, 1.82) is 0 Å². The van der Waals surface area contributed by atoms with E-state index in [1.165, 1.54) is 16.2 Å². The number of nitrogens with zero attached hydrogens (tertiary/aromatic N) is 1. The van der Waals surface area contributed by atoms with Gasteiger partial charge in [0.25, 0.3) is 5.91 Å². The maximum Gasteiger partial charge on any atom is 0.281 e. The summed E-state index contributed by atoms with van der Waals surface area (Å²) in [4.78, 5) is 13.9. The van der Waals surface area contributed by atoms with Crippen LogP contribution in [0.2, 0.25) is 0 Å². The number of nitrogens with one attached hydrogen (secondary N) is 1. The number of hydrogen-bond donors (Lipinski definition) is 1. The number of aryl methyl sites for hydroxylation is 1. The number of benzene rings is 1. The second-order valence-electron chi connectivity index (χ2n) is 4.82. The van der Waals surface area contributed by atoms with Gasteiger partial charge in [0, 0.05) is 16.5 Å². The summed E-state index contributed by atoms with van der Waals surface area (Å²) in [5.74, 6) is 1.14. The van der Waals surface area contributed by atoms with Gasteiger partial charge >= 0.3 is 0 Å². The molecule has 0 unspecified atom stereocenters. The Morgan fingerprint density at radius 3 is 2.61 bits per heavy atom. The summed E-state index contributed by atoms with van der Waals surface area (Å²) in [6.45, 7) is 3.88. The van der Waals surface area contributed by atoms with Gasteiger partial charge < -0.3 is 9.47 Å². The van der Waals surface area contributed by atoms with E-state index in [-0.39, 0.29) is 5.91 Å². The molecule has 0 saturated heterocycles. The van der Waals surface area contributed by atoms with Crippen molar-refractivity contribution in [2.24, 2.45) is 5.10 Å². The van der Waals surface area contributed by atoms with E-state index in [9.17, 15) is 4.79 Å². The topological polar surface area (TPSA) is 59.9 Å². The van der Waals surface area contributed by atoms with E-state index in [2.05, 4.69) is 17.5 Å². The Morgan fingerprint density at radius 2 is 2.00 bits per heavy atom. The maximum atomic E-state index is 12.1. The highest BCUT2D eigenvalue weighted by Crippen LogP contribution is 2.25. The highest BCUT2D eigenvalue weighted by Gasteiger charge is 2.10. The van der Waals surface area contributed by atoms with Gasteiger partial charge in [-0.05, 0) is 37.6 Å². The number of carbonyl (C=O) groups is 1. The van der Waals surface area contributed by atoms with Crippen LogP contribution >= 0.6 is 11.3 Å². The largest absolute Gasteiger partial charge is 0.497 e. The predicted molar refractivity (Wildman–Crippen MR) is 92.9 cm³/mol. The fourth-order valence-electron chi connectivity index (χ4n) is 2.04. The molecule has 2 rings (SSSR count). The Kier molecular flexibility index (Phi) is 5.76. The van der Waals surface area contributed by atoms with Crippen LogP contribution in [-0.2, 0) is 6.42 Å². The van der Waals surface area contributed by atoms with Crippen molar-refractivity contribution in [3.8, 4) is 11.5 Å². The Balaban J connectivity index is 2.14.